The molecule has 1 amide bonds. The van der Waals surface area contributed by atoms with Gasteiger partial charge >= 0.3 is 0 Å². The van der Waals surface area contributed by atoms with Crippen molar-refractivity contribution in [1.29, 1.82) is 0 Å². The van der Waals surface area contributed by atoms with Crippen molar-refractivity contribution in [2.24, 2.45) is 23.7 Å². The highest BCUT2D eigenvalue weighted by molar-refractivity contribution is 7.07. The third kappa shape index (κ3) is 2.41. The SMILES string of the molecule is COC1(CNC(=O)Cc2ccsc2)C2CC3CC(C2)CC1C3. The van der Waals surface area contributed by atoms with E-state index in [2.05, 4.69) is 10.7 Å². The van der Waals surface area contributed by atoms with E-state index < -0.39 is 0 Å². The predicted molar refractivity (Wildman–Crippen MR) is 87.8 cm³/mol. The Bertz CT molecular complexity index is 511. The number of carbonyl (C=O) groups is 1. The highest BCUT2D eigenvalue weighted by Crippen LogP contribution is 2.59. The molecule has 4 aliphatic carbocycles. The second kappa shape index (κ2) is 5.64. The molecule has 1 heterocycles. The van der Waals surface area contributed by atoms with E-state index in [0.29, 0.717) is 24.8 Å². The molecule has 1 N–H and O–H groups in total. The summed E-state index contributed by atoms with van der Waals surface area (Å²) in [5.41, 5.74) is 1.01. The Morgan fingerprint density at radius 2 is 1.95 bits per heavy atom. The fourth-order valence-corrected chi connectivity index (χ4v) is 6.22. The minimum Gasteiger partial charge on any atom is -0.376 e. The first-order valence-corrected chi connectivity index (χ1v) is 9.47. The van der Waals surface area contributed by atoms with E-state index in [1.54, 1.807) is 11.3 Å². The molecule has 4 saturated carbocycles. The van der Waals surface area contributed by atoms with Crippen LogP contribution in [-0.2, 0) is 16.0 Å². The van der Waals surface area contributed by atoms with Gasteiger partial charge < -0.3 is 10.1 Å². The van der Waals surface area contributed by atoms with Gasteiger partial charge in [-0.25, -0.2) is 0 Å². The Morgan fingerprint density at radius 3 is 2.50 bits per heavy atom. The second-order valence-corrected chi connectivity index (χ2v) is 8.33. The van der Waals surface area contributed by atoms with Crippen LogP contribution in [0.15, 0.2) is 16.8 Å². The number of ether oxygens (including phenoxy) is 1. The zero-order valence-electron chi connectivity index (χ0n) is 13.2. The zero-order chi connectivity index (χ0) is 15.2. The quantitative estimate of drug-likeness (QED) is 0.905. The maximum Gasteiger partial charge on any atom is 0.224 e. The Balaban J connectivity index is 1.42. The first kappa shape index (κ1) is 14.7. The number of amides is 1. The van der Waals surface area contributed by atoms with Gasteiger partial charge in [0.25, 0.3) is 0 Å². The Morgan fingerprint density at radius 1 is 1.27 bits per heavy atom. The average Bonchev–Trinajstić information content (AvgIpc) is 2.99. The summed E-state index contributed by atoms with van der Waals surface area (Å²) in [4.78, 5) is 12.2. The second-order valence-electron chi connectivity index (χ2n) is 7.55. The smallest absolute Gasteiger partial charge is 0.224 e. The molecule has 0 spiro atoms. The van der Waals surface area contributed by atoms with Crippen LogP contribution in [0.5, 0.6) is 0 Å². The Hall–Kier alpha value is -0.870. The van der Waals surface area contributed by atoms with E-state index in [4.69, 9.17) is 4.74 Å². The van der Waals surface area contributed by atoms with Crippen molar-refractivity contribution in [3.05, 3.63) is 22.4 Å². The lowest BCUT2D eigenvalue weighted by Crippen LogP contribution is -2.63. The van der Waals surface area contributed by atoms with Crippen LogP contribution < -0.4 is 5.32 Å². The summed E-state index contributed by atoms with van der Waals surface area (Å²) in [7, 11) is 1.85. The summed E-state index contributed by atoms with van der Waals surface area (Å²) in [5, 5.41) is 7.26. The van der Waals surface area contributed by atoms with Crippen molar-refractivity contribution in [2.75, 3.05) is 13.7 Å². The molecule has 1 aromatic heterocycles. The van der Waals surface area contributed by atoms with E-state index >= 15 is 0 Å². The normalized spacial score (nSPS) is 39.1. The van der Waals surface area contributed by atoms with E-state index in [0.717, 1.165) is 17.4 Å². The number of hydrogen-bond acceptors (Lipinski definition) is 3. The van der Waals surface area contributed by atoms with Crippen LogP contribution in [0, 0.1) is 23.7 Å². The molecule has 0 aliphatic heterocycles. The van der Waals surface area contributed by atoms with Crippen molar-refractivity contribution < 1.29 is 9.53 Å². The molecule has 1 aromatic rings. The summed E-state index contributed by atoms with van der Waals surface area (Å²) in [6, 6.07) is 2.03. The molecule has 4 bridgehead atoms. The third-order valence-corrected chi connectivity index (χ3v) is 7.14. The molecule has 4 aliphatic rings. The Kier molecular flexibility index (Phi) is 3.77. The van der Waals surface area contributed by atoms with Gasteiger partial charge in [0.2, 0.25) is 5.91 Å². The number of hydrogen-bond donors (Lipinski definition) is 1. The lowest BCUT2D eigenvalue weighted by Gasteiger charge is -2.60. The summed E-state index contributed by atoms with van der Waals surface area (Å²) in [5.74, 6) is 3.27. The molecule has 5 rings (SSSR count). The van der Waals surface area contributed by atoms with Gasteiger partial charge in [-0.1, -0.05) is 0 Å². The van der Waals surface area contributed by atoms with E-state index in [9.17, 15) is 4.79 Å². The minimum atomic E-state index is -0.0995. The first-order chi connectivity index (χ1) is 10.7. The van der Waals surface area contributed by atoms with Crippen LogP contribution >= 0.6 is 11.3 Å². The van der Waals surface area contributed by atoms with Crippen molar-refractivity contribution in [3.63, 3.8) is 0 Å². The zero-order valence-corrected chi connectivity index (χ0v) is 14.0. The van der Waals surface area contributed by atoms with Crippen molar-refractivity contribution >= 4 is 17.2 Å². The van der Waals surface area contributed by atoms with Gasteiger partial charge in [-0.05, 0) is 78.2 Å². The summed E-state index contributed by atoms with van der Waals surface area (Å²) in [6.07, 6.45) is 7.16. The van der Waals surface area contributed by atoms with E-state index in [1.807, 2.05) is 18.6 Å². The molecule has 3 nitrogen and oxygen atoms in total. The molecule has 4 heteroatoms. The van der Waals surface area contributed by atoms with Crippen LogP contribution in [0.3, 0.4) is 0 Å². The molecule has 120 valence electrons. The topological polar surface area (TPSA) is 38.3 Å². The van der Waals surface area contributed by atoms with Crippen LogP contribution in [0.25, 0.3) is 0 Å². The van der Waals surface area contributed by atoms with Crippen molar-refractivity contribution in [3.8, 4) is 0 Å². The lowest BCUT2D eigenvalue weighted by molar-refractivity contribution is -0.188. The molecule has 0 radical (unpaired) electrons. The van der Waals surface area contributed by atoms with E-state index in [1.165, 1.54) is 32.1 Å². The van der Waals surface area contributed by atoms with Crippen molar-refractivity contribution in [1.82, 2.24) is 5.32 Å². The Labute approximate surface area is 136 Å². The van der Waals surface area contributed by atoms with Gasteiger partial charge in [0.05, 0.1) is 12.0 Å². The molecule has 0 atom stereocenters. The summed E-state index contributed by atoms with van der Waals surface area (Å²) in [6.45, 7) is 0.696. The van der Waals surface area contributed by atoms with Crippen LogP contribution in [0.2, 0.25) is 0 Å². The predicted octanol–water partition coefficient (Wildman–Crippen LogP) is 3.25. The lowest BCUT2D eigenvalue weighted by atomic mass is 9.49. The first-order valence-electron chi connectivity index (χ1n) is 8.52. The third-order valence-electron chi connectivity index (χ3n) is 6.41. The van der Waals surface area contributed by atoms with Crippen LogP contribution in [0.1, 0.15) is 37.7 Å². The standard InChI is InChI=1S/C18H25NO2S/c1-21-18(11-19-17(20)9-12-2-3-22-10-12)15-5-13-4-14(7-15)8-16(18)6-13/h2-3,10,13-16H,4-9,11H2,1H3,(H,19,20). The van der Waals surface area contributed by atoms with Gasteiger partial charge in [-0.2, -0.15) is 11.3 Å². The molecular formula is C18H25NO2S. The molecule has 22 heavy (non-hydrogen) atoms. The van der Waals surface area contributed by atoms with Crippen LogP contribution in [0.4, 0.5) is 0 Å². The average molecular weight is 319 g/mol. The summed E-state index contributed by atoms with van der Waals surface area (Å²) >= 11 is 1.65. The van der Waals surface area contributed by atoms with Gasteiger partial charge in [0, 0.05) is 13.7 Å². The van der Waals surface area contributed by atoms with Gasteiger partial charge in [0.15, 0.2) is 0 Å². The van der Waals surface area contributed by atoms with Crippen molar-refractivity contribution in [2.45, 2.75) is 44.1 Å². The molecule has 0 saturated heterocycles. The fourth-order valence-electron chi connectivity index (χ4n) is 5.55. The maximum absolute atomic E-state index is 12.2. The molecule has 0 unspecified atom stereocenters. The highest BCUT2D eigenvalue weighted by atomic mass is 32.1. The highest BCUT2D eigenvalue weighted by Gasteiger charge is 2.57. The number of thiophene rings is 1. The summed E-state index contributed by atoms with van der Waals surface area (Å²) < 4.78 is 6.09. The molecule has 0 aromatic carbocycles. The fraction of sp³-hybridized carbons (Fsp3) is 0.722. The van der Waals surface area contributed by atoms with E-state index in [-0.39, 0.29) is 11.5 Å². The number of nitrogens with one attached hydrogen (secondary N) is 1. The van der Waals surface area contributed by atoms with Gasteiger partial charge in [0.1, 0.15) is 0 Å². The number of methoxy groups -OCH3 is 1. The number of carbonyl (C=O) groups excluding carboxylic acids is 1. The molecular weight excluding hydrogens is 294 g/mol. The molecule has 4 fully saturated rings. The van der Waals surface area contributed by atoms with Crippen LogP contribution in [-0.4, -0.2) is 25.2 Å². The number of rotatable bonds is 5. The van der Waals surface area contributed by atoms with Gasteiger partial charge in [-0.3, -0.25) is 4.79 Å². The monoisotopic (exact) mass is 319 g/mol. The maximum atomic E-state index is 12.2. The van der Waals surface area contributed by atoms with Gasteiger partial charge in [-0.15, -0.1) is 0 Å². The minimum absolute atomic E-state index is 0.0995. The largest absolute Gasteiger partial charge is 0.376 e.